The van der Waals surface area contributed by atoms with Gasteiger partial charge in [0.05, 0.1) is 7.11 Å². The lowest BCUT2D eigenvalue weighted by Gasteiger charge is -2.10. The SMILES string of the molecule is CNc1ccc(C(=O)Nc2ccc(F)c(OC)c2)cc1C. The molecule has 2 rings (SSSR count). The molecule has 4 nitrogen and oxygen atoms in total. The van der Waals surface area contributed by atoms with Gasteiger partial charge >= 0.3 is 0 Å². The molecule has 1 amide bonds. The van der Waals surface area contributed by atoms with Crippen LogP contribution in [0.3, 0.4) is 0 Å². The summed E-state index contributed by atoms with van der Waals surface area (Å²) in [4.78, 5) is 12.2. The second-order valence-corrected chi connectivity index (χ2v) is 4.58. The molecule has 5 heteroatoms. The van der Waals surface area contributed by atoms with Crippen LogP contribution in [0.5, 0.6) is 5.75 Å². The van der Waals surface area contributed by atoms with Crippen molar-refractivity contribution in [1.82, 2.24) is 0 Å². The monoisotopic (exact) mass is 288 g/mol. The van der Waals surface area contributed by atoms with Crippen LogP contribution >= 0.6 is 0 Å². The topological polar surface area (TPSA) is 50.4 Å². The van der Waals surface area contributed by atoms with Gasteiger partial charge in [-0.2, -0.15) is 0 Å². The second kappa shape index (κ2) is 6.26. The molecule has 2 aromatic carbocycles. The molecular weight excluding hydrogens is 271 g/mol. The largest absolute Gasteiger partial charge is 0.494 e. The van der Waals surface area contributed by atoms with Crippen molar-refractivity contribution in [2.75, 3.05) is 24.8 Å². The molecule has 0 spiro atoms. The first kappa shape index (κ1) is 14.8. The first-order chi connectivity index (χ1) is 10.0. The molecule has 0 unspecified atom stereocenters. The summed E-state index contributed by atoms with van der Waals surface area (Å²) in [5.74, 6) is -0.631. The van der Waals surface area contributed by atoms with E-state index in [1.165, 1.54) is 25.3 Å². The van der Waals surface area contributed by atoms with E-state index in [1.54, 1.807) is 12.1 Å². The summed E-state index contributed by atoms with van der Waals surface area (Å²) in [7, 11) is 3.21. The smallest absolute Gasteiger partial charge is 0.255 e. The van der Waals surface area contributed by atoms with Gasteiger partial charge in [-0.15, -0.1) is 0 Å². The lowest BCUT2D eigenvalue weighted by atomic mass is 10.1. The van der Waals surface area contributed by atoms with Gasteiger partial charge in [-0.05, 0) is 42.8 Å². The molecule has 2 N–H and O–H groups in total. The zero-order valence-electron chi connectivity index (χ0n) is 12.2. The van der Waals surface area contributed by atoms with E-state index in [1.807, 2.05) is 20.0 Å². The standard InChI is InChI=1S/C16H17FN2O2/c1-10-8-11(4-7-14(10)18-2)16(20)19-12-5-6-13(17)15(9-12)21-3/h4-9,18H,1-3H3,(H,19,20). The number of methoxy groups -OCH3 is 1. The highest BCUT2D eigenvalue weighted by molar-refractivity contribution is 6.04. The van der Waals surface area contributed by atoms with Crippen molar-refractivity contribution >= 4 is 17.3 Å². The van der Waals surface area contributed by atoms with Gasteiger partial charge in [0.15, 0.2) is 11.6 Å². The van der Waals surface area contributed by atoms with E-state index in [9.17, 15) is 9.18 Å². The summed E-state index contributed by atoms with van der Waals surface area (Å²) < 4.78 is 18.2. The molecule has 0 saturated heterocycles. The molecule has 0 bridgehead atoms. The normalized spacial score (nSPS) is 10.1. The fraction of sp³-hybridized carbons (Fsp3) is 0.188. The Hall–Kier alpha value is -2.56. The van der Waals surface area contributed by atoms with Gasteiger partial charge in [-0.3, -0.25) is 4.79 Å². The summed E-state index contributed by atoms with van der Waals surface area (Å²) >= 11 is 0. The van der Waals surface area contributed by atoms with Crippen LogP contribution in [-0.4, -0.2) is 20.1 Å². The van der Waals surface area contributed by atoms with Crippen LogP contribution in [0.2, 0.25) is 0 Å². The maximum atomic E-state index is 13.3. The number of carbonyl (C=O) groups excluding carboxylic acids is 1. The van der Waals surface area contributed by atoms with Crippen LogP contribution in [0.1, 0.15) is 15.9 Å². The van der Waals surface area contributed by atoms with E-state index < -0.39 is 5.82 Å². The molecule has 110 valence electrons. The van der Waals surface area contributed by atoms with Crippen LogP contribution in [0.25, 0.3) is 0 Å². The summed E-state index contributed by atoms with van der Waals surface area (Å²) in [6.45, 7) is 1.92. The van der Waals surface area contributed by atoms with Crippen LogP contribution in [0, 0.1) is 12.7 Å². The molecule has 0 atom stereocenters. The predicted molar refractivity (Wildman–Crippen MR) is 81.6 cm³/mol. The number of halogens is 1. The minimum atomic E-state index is -0.468. The third kappa shape index (κ3) is 3.31. The number of carbonyl (C=O) groups is 1. The zero-order valence-corrected chi connectivity index (χ0v) is 12.2. The Kier molecular flexibility index (Phi) is 4.42. The molecular formula is C16H17FN2O2. The highest BCUT2D eigenvalue weighted by atomic mass is 19.1. The van der Waals surface area contributed by atoms with E-state index in [0.717, 1.165) is 11.3 Å². The average Bonchev–Trinajstić information content (AvgIpc) is 2.49. The fourth-order valence-corrected chi connectivity index (χ4v) is 2.03. The van der Waals surface area contributed by atoms with E-state index in [-0.39, 0.29) is 11.7 Å². The van der Waals surface area contributed by atoms with E-state index in [2.05, 4.69) is 10.6 Å². The molecule has 0 radical (unpaired) electrons. The Morgan fingerprint density at radius 3 is 2.57 bits per heavy atom. The molecule has 0 aliphatic heterocycles. The fourth-order valence-electron chi connectivity index (χ4n) is 2.03. The maximum Gasteiger partial charge on any atom is 0.255 e. The highest BCUT2D eigenvalue weighted by Gasteiger charge is 2.10. The van der Waals surface area contributed by atoms with Gasteiger partial charge in [0.1, 0.15) is 0 Å². The molecule has 21 heavy (non-hydrogen) atoms. The van der Waals surface area contributed by atoms with Crippen LogP contribution in [0.15, 0.2) is 36.4 Å². The summed E-state index contributed by atoms with van der Waals surface area (Å²) in [5, 5.41) is 5.76. The molecule has 0 saturated carbocycles. The minimum Gasteiger partial charge on any atom is -0.494 e. The van der Waals surface area contributed by atoms with E-state index >= 15 is 0 Å². The molecule has 0 aliphatic carbocycles. The maximum absolute atomic E-state index is 13.3. The average molecular weight is 288 g/mol. The second-order valence-electron chi connectivity index (χ2n) is 4.58. The highest BCUT2D eigenvalue weighted by Crippen LogP contribution is 2.22. The number of amides is 1. The first-order valence-corrected chi connectivity index (χ1v) is 6.48. The van der Waals surface area contributed by atoms with Gasteiger partial charge in [-0.1, -0.05) is 0 Å². The number of benzene rings is 2. The quantitative estimate of drug-likeness (QED) is 0.906. The van der Waals surface area contributed by atoms with Crippen LogP contribution < -0.4 is 15.4 Å². The molecule has 0 aromatic heterocycles. The van der Waals surface area contributed by atoms with Gasteiger partial charge in [-0.25, -0.2) is 4.39 Å². The summed E-state index contributed by atoms with van der Waals surface area (Å²) in [5.41, 5.74) is 2.96. The Morgan fingerprint density at radius 2 is 1.95 bits per heavy atom. The number of hydrogen-bond donors (Lipinski definition) is 2. The van der Waals surface area contributed by atoms with Crippen molar-refractivity contribution in [3.8, 4) is 5.75 Å². The molecule has 0 aliphatic rings. The number of aryl methyl sites for hydroxylation is 1. The Labute approximate surface area is 122 Å². The number of ether oxygens (including phenoxy) is 1. The molecule has 0 fully saturated rings. The third-order valence-corrected chi connectivity index (χ3v) is 3.17. The number of nitrogens with one attached hydrogen (secondary N) is 2. The number of hydrogen-bond acceptors (Lipinski definition) is 3. The van der Waals surface area contributed by atoms with Gasteiger partial charge in [0.25, 0.3) is 5.91 Å². The van der Waals surface area contributed by atoms with Crippen LogP contribution in [0.4, 0.5) is 15.8 Å². The van der Waals surface area contributed by atoms with Gasteiger partial charge in [0.2, 0.25) is 0 Å². The lowest BCUT2D eigenvalue weighted by Crippen LogP contribution is -2.12. The Bertz CT molecular complexity index is 671. The van der Waals surface area contributed by atoms with E-state index in [0.29, 0.717) is 11.3 Å². The van der Waals surface area contributed by atoms with Gasteiger partial charge < -0.3 is 15.4 Å². The molecule has 2 aromatic rings. The van der Waals surface area contributed by atoms with Crippen molar-refractivity contribution < 1.29 is 13.9 Å². The Balaban J connectivity index is 2.19. The number of rotatable bonds is 4. The van der Waals surface area contributed by atoms with Crippen molar-refractivity contribution in [3.63, 3.8) is 0 Å². The van der Waals surface area contributed by atoms with Crippen molar-refractivity contribution in [2.45, 2.75) is 6.92 Å². The summed E-state index contributed by atoms with van der Waals surface area (Å²) in [6.07, 6.45) is 0. The van der Waals surface area contributed by atoms with Crippen molar-refractivity contribution in [2.24, 2.45) is 0 Å². The van der Waals surface area contributed by atoms with E-state index in [4.69, 9.17) is 4.74 Å². The van der Waals surface area contributed by atoms with Crippen molar-refractivity contribution in [1.29, 1.82) is 0 Å². The molecule has 0 heterocycles. The van der Waals surface area contributed by atoms with Gasteiger partial charge in [0, 0.05) is 30.1 Å². The van der Waals surface area contributed by atoms with Crippen molar-refractivity contribution in [3.05, 3.63) is 53.3 Å². The predicted octanol–water partition coefficient (Wildman–Crippen LogP) is 3.44. The summed E-state index contributed by atoms with van der Waals surface area (Å²) in [6, 6.07) is 9.56. The lowest BCUT2D eigenvalue weighted by molar-refractivity contribution is 0.102. The Morgan fingerprint density at radius 1 is 1.19 bits per heavy atom. The first-order valence-electron chi connectivity index (χ1n) is 6.48. The minimum absolute atomic E-state index is 0.0921. The third-order valence-electron chi connectivity index (χ3n) is 3.17. The number of anilines is 2. The van der Waals surface area contributed by atoms with Crippen LogP contribution in [-0.2, 0) is 0 Å². The zero-order chi connectivity index (χ0) is 15.4.